The van der Waals surface area contributed by atoms with Gasteiger partial charge in [0.25, 0.3) is 0 Å². The maximum absolute atomic E-state index is 12.3. The third kappa shape index (κ3) is 3.19. The number of sulfone groups is 1. The highest BCUT2D eigenvalue weighted by molar-refractivity contribution is 7.91. The van der Waals surface area contributed by atoms with Crippen molar-refractivity contribution in [1.29, 1.82) is 0 Å². The maximum Gasteiger partial charge on any atom is 0.241 e. The zero-order valence-corrected chi connectivity index (χ0v) is 11.8. The number of carbonyl (C=O) groups excluding carboxylic acids is 1. The zero-order valence-electron chi connectivity index (χ0n) is 11.0. The summed E-state index contributed by atoms with van der Waals surface area (Å²) in [6.45, 7) is 6.23. The Morgan fingerprint density at radius 1 is 1.47 bits per heavy atom. The van der Waals surface area contributed by atoms with Gasteiger partial charge < -0.3 is 10.2 Å². The fourth-order valence-electron chi connectivity index (χ4n) is 1.94. The lowest BCUT2D eigenvalue weighted by Crippen LogP contribution is -2.54. The van der Waals surface area contributed by atoms with Crippen LogP contribution >= 0.6 is 0 Å². The number of amides is 1. The Hall–Kier alpha value is -0.620. The monoisotopic (exact) mass is 262 g/mol. The lowest BCUT2D eigenvalue weighted by atomic mass is 9.98. The fraction of sp³-hybridized carbons (Fsp3) is 0.909. The minimum Gasteiger partial charge on any atom is -0.335 e. The van der Waals surface area contributed by atoms with E-state index in [1.165, 1.54) is 0 Å². The summed E-state index contributed by atoms with van der Waals surface area (Å²) in [6, 6.07) is -0.617. The van der Waals surface area contributed by atoms with Crippen molar-refractivity contribution >= 4 is 15.7 Å². The molecule has 0 aromatic rings. The quantitative estimate of drug-likeness (QED) is 0.778. The van der Waals surface area contributed by atoms with E-state index in [9.17, 15) is 13.2 Å². The molecule has 1 aliphatic rings. The Morgan fingerprint density at radius 3 is 2.53 bits per heavy atom. The van der Waals surface area contributed by atoms with Crippen molar-refractivity contribution in [2.45, 2.75) is 38.8 Å². The van der Waals surface area contributed by atoms with Crippen molar-refractivity contribution in [3.8, 4) is 0 Å². The van der Waals surface area contributed by atoms with Gasteiger partial charge in [-0.25, -0.2) is 8.42 Å². The fourth-order valence-corrected chi connectivity index (χ4v) is 3.38. The lowest BCUT2D eigenvalue weighted by Gasteiger charge is -2.38. The number of nitrogens with zero attached hydrogens (tertiary/aromatic N) is 1. The van der Waals surface area contributed by atoms with E-state index in [4.69, 9.17) is 0 Å². The Bertz CT molecular complexity index is 390. The summed E-state index contributed by atoms with van der Waals surface area (Å²) >= 11 is 0. The van der Waals surface area contributed by atoms with E-state index in [0.29, 0.717) is 6.54 Å². The number of carbonyl (C=O) groups is 1. The molecule has 17 heavy (non-hydrogen) atoms. The third-order valence-corrected chi connectivity index (χ3v) is 5.20. The predicted octanol–water partition coefficient (Wildman–Crippen LogP) is 0.0200. The molecule has 0 aromatic carbocycles. The summed E-state index contributed by atoms with van der Waals surface area (Å²) in [5, 5.41) is 2.81. The second kappa shape index (κ2) is 4.94. The summed E-state index contributed by atoms with van der Waals surface area (Å²) in [4.78, 5) is 14.0. The summed E-state index contributed by atoms with van der Waals surface area (Å²) in [7, 11) is -1.51. The van der Waals surface area contributed by atoms with Crippen LogP contribution in [-0.4, -0.2) is 55.9 Å². The van der Waals surface area contributed by atoms with Gasteiger partial charge in [0, 0.05) is 12.1 Å². The molecular weight excluding hydrogens is 240 g/mol. The lowest BCUT2D eigenvalue weighted by molar-refractivity contribution is -0.137. The van der Waals surface area contributed by atoms with E-state index in [-0.39, 0.29) is 23.0 Å². The van der Waals surface area contributed by atoms with Crippen molar-refractivity contribution in [1.82, 2.24) is 10.2 Å². The average Bonchev–Trinajstić information content (AvgIpc) is 2.36. The van der Waals surface area contributed by atoms with Crippen LogP contribution in [0.4, 0.5) is 0 Å². The van der Waals surface area contributed by atoms with Crippen molar-refractivity contribution in [2.24, 2.45) is 0 Å². The van der Waals surface area contributed by atoms with E-state index in [1.807, 2.05) is 20.8 Å². The smallest absolute Gasteiger partial charge is 0.241 e. The summed E-state index contributed by atoms with van der Waals surface area (Å²) in [5.41, 5.74) is -0.300. The highest BCUT2D eigenvalue weighted by atomic mass is 32.2. The predicted molar refractivity (Wildman–Crippen MR) is 67.6 cm³/mol. The van der Waals surface area contributed by atoms with E-state index in [1.54, 1.807) is 11.9 Å². The first kappa shape index (κ1) is 14.4. The molecule has 1 heterocycles. The van der Waals surface area contributed by atoms with Crippen LogP contribution in [-0.2, 0) is 14.6 Å². The van der Waals surface area contributed by atoms with Crippen LogP contribution in [0.15, 0.2) is 0 Å². The molecule has 1 saturated heterocycles. The number of nitrogens with one attached hydrogen (secondary N) is 1. The number of hydrogen-bond acceptors (Lipinski definition) is 4. The third-order valence-electron chi connectivity index (χ3n) is 3.56. The van der Waals surface area contributed by atoms with Gasteiger partial charge in [0.1, 0.15) is 6.04 Å². The van der Waals surface area contributed by atoms with Crippen LogP contribution in [0.5, 0.6) is 0 Å². The minimum atomic E-state index is -3.14. The molecule has 0 bridgehead atoms. The Balaban J connectivity index is 3.05. The molecule has 1 fully saturated rings. The van der Waals surface area contributed by atoms with Crippen molar-refractivity contribution in [3.63, 3.8) is 0 Å². The van der Waals surface area contributed by atoms with Gasteiger partial charge in [0.2, 0.25) is 5.91 Å². The second-order valence-electron chi connectivity index (χ2n) is 5.11. The van der Waals surface area contributed by atoms with E-state index < -0.39 is 15.9 Å². The Morgan fingerprint density at radius 2 is 2.06 bits per heavy atom. The first-order chi connectivity index (χ1) is 7.73. The van der Waals surface area contributed by atoms with Gasteiger partial charge in [0.05, 0.1) is 11.5 Å². The molecule has 0 radical (unpaired) electrons. The average molecular weight is 262 g/mol. The molecule has 1 amide bonds. The van der Waals surface area contributed by atoms with Gasteiger partial charge in [-0.3, -0.25) is 4.79 Å². The molecule has 1 aliphatic heterocycles. The van der Waals surface area contributed by atoms with E-state index in [2.05, 4.69) is 5.32 Å². The highest BCUT2D eigenvalue weighted by Gasteiger charge is 2.38. The van der Waals surface area contributed by atoms with Crippen LogP contribution < -0.4 is 5.32 Å². The topological polar surface area (TPSA) is 66.5 Å². The van der Waals surface area contributed by atoms with Gasteiger partial charge in [-0.15, -0.1) is 0 Å². The summed E-state index contributed by atoms with van der Waals surface area (Å²) in [5.74, 6) is -0.153. The molecule has 6 heteroatoms. The van der Waals surface area contributed by atoms with Crippen LogP contribution in [0.25, 0.3) is 0 Å². The Kier molecular flexibility index (Phi) is 4.19. The van der Waals surface area contributed by atoms with Crippen molar-refractivity contribution in [2.75, 3.05) is 25.1 Å². The molecular formula is C11H22N2O3S. The van der Waals surface area contributed by atoms with E-state index in [0.717, 1.165) is 6.42 Å². The van der Waals surface area contributed by atoms with Crippen LogP contribution in [0.3, 0.4) is 0 Å². The first-order valence-corrected chi connectivity index (χ1v) is 7.75. The molecule has 0 aliphatic carbocycles. The highest BCUT2D eigenvalue weighted by Crippen LogP contribution is 2.22. The van der Waals surface area contributed by atoms with Crippen LogP contribution in [0.2, 0.25) is 0 Å². The largest absolute Gasteiger partial charge is 0.335 e. The summed E-state index contributed by atoms with van der Waals surface area (Å²) < 4.78 is 23.5. The Labute approximate surface area is 103 Å². The van der Waals surface area contributed by atoms with Crippen molar-refractivity contribution in [3.05, 3.63) is 0 Å². The molecule has 0 saturated carbocycles. The number of likely N-dealkylation sites (N-methyl/N-ethyl adjacent to an activating group) is 1. The summed E-state index contributed by atoms with van der Waals surface area (Å²) in [6.07, 6.45) is 0.801. The van der Waals surface area contributed by atoms with Gasteiger partial charge in [-0.2, -0.15) is 0 Å². The molecule has 5 nitrogen and oxygen atoms in total. The maximum atomic E-state index is 12.3. The number of rotatable bonds is 3. The molecule has 100 valence electrons. The van der Waals surface area contributed by atoms with Gasteiger partial charge in [-0.05, 0) is 27.3 Å². The van der Waals surface area contributed by atoms with Gasteiger partial charge >= 0.3 is 0 Å². The first-order valence-electron chi connectivity index (χ1n) is 5.92. The second-order valence-corrected chi connectivity index (χ2v) is 7.34. The molecule has 1 atom stereocenters. The normalized spacial score (nSPS) is 25.8. The van der Waals surface area contributed by atoms with Crippen molar-refractivity contribution < 1.29 is 13.2 Å². The zero-order chi connectivity index (χ0) is 13.3. The minimum absolute atomic E-state index is 0.0559. The SMILES string of the molecule is CCC(C)(C)N1CCS(=O)(=O)CC(NC)C1=O. The van der Waals surface area contributed by atoms with E-state index >= 15 is 0 Å². The molecule has 1 unspecified atom stereocenters. The van der Waals surface area contributed by atoms with Crippen LogP contribution in [0.1, 0.15) is 27.2 Å². The molecule has 1 N–H and O–H groups in total. The van der Waals surface area contributed by atoms with Gasteiger partial charge in [0.15, 0.2) is 9.84 Å². The van der Waals surface area contributed by atoms with Gasteiger partial charge in [-0.1, -0.05) is 6.92 Å². The number of hydrogen-bond donors (Lipinski definition) is 1. The molecule has 1 rings (SSSR count). The standard InChI is InChI=1S/C11H22N2O3S/c1-5-11(2,3)13-6-7-17(15,16)8-9(12-4)10(13)14/h9,12H,5-8H2,1-4H3. The van der Waals surface area contributed by atoms with Crippen LogP contribution in [0, 0.1) is 0 Å². The molecule has 0 aromatic heterocycles. The molecule has 0 spiro atoms.